The SMILES string of the molecule is O=C(NC1CCCOC1)[C@H](Cc1ccccc1)NS(=O)(=O)c1ccccc1F. The normalized spacial score (nSPS) is 18.4. The number of benzene rings is 2. The Balaban J connectivity index is 1.80. The number of carbonyl (C=O) groups is 1. The van der Waals surface area contributed by atoms with Gasteiger partial charge in [0, 0.05) is 6.61 Å². The van der Waals surface area contributed by atoms with Gasteiger partial charge in [0.25, 0.3) is 0 Å². The summed E-state index contributed by atoms with van der Waals surface area (Å²) < 4.78 is 47.1. The fraction of sp³-hybridized carbons (Fsp3) is 0.350. The van der Waals surface area contributed by atoms with Gasteiger partial charge in [-0.05, 0) is 37.0 Å². The molecule has 2 aromatic carbocycles. The number of rotatable bonds is 7. The predicted octanol–water partition coefficient (Wildman–Crippen LogP) is 2.01. The number of ether oxygens (including phenoxy) is 1. The fourth-order valence-electron chi connectivity index (χ4n) is 3.11. The Morgan fingerprint density at radius 2 is 1.86 bits per heavy atom. The monoisotopic (exact) mass is 406 g/mol. The molecular weight excluding hydrogens is 383 g/mol. The van der Waals surface area contributed by atoms with E-state index >= 15 is 0 Å². The van der Waals surface area contributed by atoms with Gasteiger partial charge in [-0.1, -0.05) is 42.5 Å². The second kappa shape index (κ2) is 9.27. The maximum absolute atomic E-state index is 14.0. The van der Waals surface area contributed by atoms with E-state index in [0.717, 1.165) is 24.5 Å². The Labute approximate surface area is 164 Å². The van der Waals surface area contributed by atoms with Gasteiger partial charge in [0.1, 0.15) is 16.8 Å². The highest BCUT2D eigenvalue weighted by molar-refractivity contribution is 7.89. The molecule has 0 saturated carbocycles. The molecule has 1 aliphatic rings. The van der Waals surface area contributed by atoms with Crippen molar-refractivity contribution in [2.75, 3.05) is 13.2 Å². The van der Waals surface area contributed by atoms with E-state index < -0.39 is 32.7 Å². The number of amides is 1. The van der Waals surface area contributed by atoms with Gasteiger partial charge in [0.2, 0.25) is 15.9 Å². The average Bonchev–Trinajstić information content (AvgIpc) is 2.69. The topological polar surface area (TPSA) is 84.5 Å². The minimum absolute atomic E-state index is 0.147. The minimum Gasteiger partial charge on any atom is -0.379 e. The van der Waals surface area contributed by atoms with E-state index in [2.05, 4.69) is 10.0 Å². The van der Waals surface area contributed by atoms with Crippen LogP contribution in [0.15, 0.2) is 59.5 Å². The molecule has 3 rings (SSSR count). The summed E-state index contributed by atoms with van der Waals surface area (Å²) in [7, 11) is -4.21. The fourth-order valence-corrected chi connectivity index (χ4v) is 4.38. The highest BCUT2D eigenvalue weighted by Crippen LogP contribution is 2.15. The molecule has 1 heterocycles. The van der Waals surface area contributed by atoms with Crippen LogP contribution < -0.4 is 10.0 Å². The molecule has 2 N–H and O–H groups in total. The smallest absolute Gasteiger partial charge is 0.244 e. The molecule has 0 radical (unpaired) electrons. The van der Waals surface area contributed by atoms with Crippen LogP contribution >= 0.6 is 0 Å². The van der Waals surface area contributed by atoms with Gasteiger partial charge in [-0.2, -0.15) is 4.72 Å². The first-order valence-corrected chi connectivity index (χ1v) is 10.6. The van der Waals surface area contributed by atoms with E-state index in [0.29, 0.717) is 13.2 Å². The van der Waals surface area contributed by atoms with Crippen molar-refractivity contribution in [2.45, 2.75) is 36.2 Å². The molecule has 1 fully saturated rings. The molecule has 1 aliphatic heterocycles. The maximum Gasteiger partial charge on any atom is 0.244 e. The van der Waals surface area contributed by atoms with Crippen LogP contribution in [0.25, 0.3) is 0 Å². The quantitative estimate of drug-likeness (QED) is 0.737. The zero-order valence-corrected chi connectivity index (χ0v) is 16.1. The molecule has 0 aliphatic carbocycles. The first kappa shape index (κ1) is 20.4. The van der Waals surface area contributed by atoms with E-state index in [9.17, 15) is 17.6 Å². The molecule has 0 bridgehead atoms. The Morgan fingerprint density at radius 3 is 2.54 bits per heavy atom. The molecule has 28 heavy (non-hydrogen) atoms. The molecule has 1 saturated heterocycles. The lowest BCUT2D eigenvalue weighted by Gasteiger charge is -2.26. The number of halogens is 1. The van der Waals surface area contributed by atoms with Gasteiger partial charge < -0.3 is 10.1 Å². The van der Waals surface area contributed by atoms with Crippen LogP contribution in [0, 0.1) is 5.82 Å². The van der Waals surface area contributed by atoms with Gasteiger partial charge in [-0.3, -0.25) is 4.79 Å². The average molecular weight is 406 g/mol. The first-order valence-electron chi connectivity index (χ1n) is 9.14. The van der Waals surface area contributed by atoms with Crippen molar-refractivity contribution in [2.24, 2.45) is 0 Å². The van der Waals surface area contributed by atoms with Crippen LogP contribution in [-0.2, 0) is 26.0 Å². The van der Waals surface area contributed by atoms with Crippen LogP contribution in [-0.4, -0.2) is 39.6 Å². The van der Waals surface area contributed by atoms with E-state index in [-0.39, 0.29) is 12.5 Å². The zero-order valence-electron chi connectivity index (χ0n) is 15.3. The van der Waals surface area contributed by atoms with Gasteiger partial charge in [0.05, 0.1) is 12.6 Å². The van der Waals surface area contributed by atoms with Crippen LogP contribution in [0.2, 0.25) is 0 Å². The third-order valence-electron chi connectivity index (χ3n) is 4.53. The number of sulfonamides is 1. The molecule has 150 valence electrons. The van der Waals surface area contributed by atoms with Gasteiger partial charge in [-0.15, -0.1) is 0 Å². The predicted molar refractivity (Wildman–Crippen MR) is 103 cm³/mol. The lowest BCUT2D eigenvalue weighted by molar-refractivity contribution is -0.124. The molecule has 0 aromatic heterocycles. The summed E-state index contributed by atoms with van der Waals surface area (Å²) in [6.45, 7) is 1.05. The Kier molecular flexibility index (Phi) is 6.77. The molecule has 1 unspecified atom stereocenters. The standard InChI is InChI=1S/C20H23FN2O4S/c21-17-10-4-5-11-19(17)28(25,26)23-18(13-15-7-2-1-3-8-15)20(24)22-16-9-6-12-27-14-16/h1-5,7-8,10-11,16,18,23H,6,9,12-14H2,(H,22,24)/t16?,18-/m0/s1. The van der Waals surface area contributed by atoms with Crippen LogP contribution in [0.5, 0.6) is 0 Å². The van der Waals surface area contributed by atoms with Gasteiger partial charge in [0.15, 0.2) is 0 Å². The van der Waals surface area contributed by atoms with Gasteiger partial charge in [-0.25, -0.2) is 12.8 Å². The van der Waals surface area contributed by atoms with Crippen molar-refractivity contribution in [3.05, 3.63) is 66.0 Å². The number of hydrogen-bond acceptors (Lipinski definition) is 4. The maximum atomic E-state index is 14.0. The van der Waals surface area contributed by atoms with E-state index in [1.54, 1.807) is 12.1 Å². The van der Waals surface area contributed by atoms with Gasteiger partial charge >= 0.3 is 0 Å². The lowest BCUT2D eigenvalue weighted by Crippen LogP contribution is -2.52. The summed E-state index contributed by atoms with van der Waals surface area (Å²) >= 11 is 0. The van der Waals surface area contributed by atoms with E-state index in [4.69, 9.17) is 4.74 Å². The molecular formula is C20H23FN2O4S. The molecule has 0 spiro atoms. The molecule has 1 amide bonds. The highest BCUT2D eigenvalue weighted by atomic mass is 32.2. The first-order chi connectivity index (χ1) is 13.5. The molecule has 6 nitrogen and oxygen atoms in total. The Hall–Kier alpha value is -2.29. The summed E-state index contributed by atoms with van der Waals surface area (Å²) in [4.78, 5) is 12.3. The summed E-state index contributed by atoms with van der Waals surface area (Å²) in [5.74, 6) is -1.33. The molecule has 2 aromatic rings. The van der Waals surface area contributed by atoms with Crippen molar-refractivity contribution < 1.29 is 22.3 Å². The number of hydrogen-bond donors (Lipinski definition) is 2. The number of nitrogens with one attached hydrogen (secondary N) is 2. The van der Waals surface area contributed by atoms with Crippen LogP contribution in [0.3, 0.4) is 0 Å². The zero-order chi connectivity index (χ0) is 20.0. The lowest BCUT2D eigenvalue weighted by atomic mass is 10.0. The largest absolute Gasteiger partial charge is 0.379 e. The summed E-state index contributed by atoms with van der Waals surface area (Å²) in [6.07, 6.45) is 1.74. The molecule has 8 heteroatoms. The Bertz CT molecular complexity index is 899. The highest BCUT2D eigenvalue weighted by Gasteiger charge is 2.29. The minimum atomic E-state index is -4.21. The van der Waals surface area contributed by atoms with E-state index in [1.165, 1.54) is 18.2 Å². The van der Waals surface area contributed by atoms with Crippen molar-refractivity contribution in [1.29, 1.82) is 0 Å². The third-order valence-corrected chi connectivity index (χ3v) is 6.03. The van der Waals surface area contributed by atoms with E-state index in [1.807, 2.05) is 18.2 Å². The second-order valence-electron chi connectivity index (χ2n) is 6.72. The third kappa shape index (κ3) is 5.37. The van der Waals surface area contributed by atoms with Crippen molar-refractivity contribution in [3.8, 4) is 0 Å². The van der Waals surface area contributed by atoms with Crippen molar-refractivity contribution in [1.82, 2.24) is 10.0 Å². The summed E-state index contributed by atoms with van der Waals surface area (Å²) in [5, 5.41) is 2.84. The van der Waals surface area contributed by atoms with Crippen LogP contribution in [0.4, 0.5) is 4.39 Å². The van der Waals surface area contributed by atoms with Crippen molar-refractivity contribution >= 4 is 15.9 Å². The van der Waals surface area contributed by atoms with Crippen molar-refractivity contribution in [3.63, 3.8) is 0 Å². The summed E-state index contributed by atoms with van der Waals surface area (Å²) in [6, 6.07) is 12.9. The summed E-state index contributed by atoms with van der Waals surface area (Å²) in [5.41, 5.74) is 0.791. The second-order valence-corrected chi connectivity index (χ2v) is 8.40. The van der Waals surface area contributed by atoms with Crippen LogP contribution in [0.1, 0.15) is 18.4 Å². The molecule has 2 atom stereocenters. The Morgan fingerprint density at radius 1 is 1.14 bits per heavy atom. The number of carbonyl (C=O) groups excluding carboxylic acids is 1.